The van der Waals surface area contributed by atoms with Crippen LogP contribution in [0.3, 0.4) is 0 Å². The summed E-state index contributed by atoms with van der Waals surface area (Å²) < 4.78 is 23.4. The minimum Gasteiger partial charge on any atom is -0.497 e. The molecule has 0 unspecified atom stereocenters. The Morgan fingerprint density at radius 3 is 2.37 bits per heavy atom. The van der Waals surface area contributed by atoms with Crippen LogP contribution in [0.1, 0.15) is 12.5 Å². The number of nitrogens with one attached hydrogen (secondary N) is 1. The maximum Gasteiger partial charge on any atom is 0.224 e. The number of halogens is 1. The summed E-state index contributed by atoms with van der Waals surface area (Å²) in [7, 11) is 3.06. The van der Waals surface area contributed by atoms with Crippen LogP contribution in [0.5, 0.6) is 11.5 Å². The van der Waals surface area contributed by atoms with Crippen LogP contribution in [-0.4, -0.2) is 39.1 Å². The molecule has 1 N–H and O–H groups in total. The molecule has 27 heavy (non-hydrogen) atoms. The Morgan fingerprint density at radius 1 is 1.07 bits per heavy atom. The van der Waals surface area contributed by atoms with E-state index in [2.05, 4.69) is 5.32 Å². The second-order valence-corrected chi connectivity index (χ2v) is 5.86. The number of anilines is 1. The molecule has 144 valence electrons. The number of ether oxygens (including phenoxy) is 2. The first-order valence-electron chi connectivity index (χ1n) is 8.46. The highest BCUT2D eigenvalue weighted by Gasteiger charge is 2.17. The molecule has 0 heterocycles. The number of carbonyl (C=O) groups excluding carboxylic acids is 2. The second-order valence-electron chi connectivity index (χ2n) is 5.86. The summed E-state index contributed by atoms with van der Waals surface area (Å²) in [4.78, 5) is 25.6. The lowest BCUT2D eigenvalue weighted by molar-refractivity contribution is -0.121. The van der Waals surface area contributed by atoms with Crippen molar-refractivity contribution < 1.29 is 23.5 Å². The van der Waals surface area contributed by atoms with Gasteiger partial charge < -0.3 is 19.7 Å². The lowest BCUT2D eigenvalue weighted by Crippen LogP contribution is -2.38. The van der Waals surface area contributed by atoms with Gasteiger partial charge in [0.05, 0.1) is 26.3 Å². The van der Waals surface area contributed by atoms with Crippen LogP contribution in [0.15, 0.2) is 42.5 Å². The van der Waals surface area contributed by atoms with E-state index in [1.807, 2.05) is 0 Å². The van der Waals surface area contributed by atoms with Crippen molar-refractivity contribution in [3.63, 3.8) is 0 Å². The predicted octanol–water partition coefficient (Wildman–Crippen LogP) is 2.55. The van der Waals surface area contributed by atoms with Gasteiger partial charge in [-0.3, -0.25) is 9.59 Å². The SMILES string of the molecule is COc1ccc(N(CCNC(=O)Cc2ccc(F)cc2)C(C)=O)c(OC)c1. The van der Waals surface area contributed by atoms with E-state index < -0.39 is 0 Å². The van der Waals surface area contributed by atoms with E-state index in [1.54, 1.807) is 37.4 Å². The molecule has 0 aromatic heterocycles. The van der Waals surface area contributed by atoms with E-state index in [9.17, 15) is 14.0 Å². The summed E-state index contributed by atoms with van der Waals surface area (Å²) in [6, 6.07) is 10.9. The molecule has 0 saturated heterocycles. The van der Waals surface area contributed by atoms with Crippen LogP contribution >= 0.6 is 0 Å². The van der Waals surface area contributed by atoms with Crippen molar-refractivity contribution in [2.45, 2.75) is 13.3 Å². The van der Waals surface area contributed by atoms with E-state index in [0.717, 1.165) is 0 Å². The number of hydrogen-bond donors (Lipinski definition) is 1. The van der Waals surface area contributed by atoms with Crippen LogP contribution in [0.25, 0.3) is 0 Å². The minimum atomic E-state index is -0.343. The average molecular weight is 374 g/mol. The van der Waals surface area contributed by atoms with Gasteiger partial charge in [-0.15, -0.1) is 0 Å². The van der Waals surface area contributed by atoms with Gasteiger partial charge in [-0.1, -0.05) is 12.1 Å². The van der Waals surface area contributed by atoms with Gasteiger partial charge in [0, 0.05) is 26.1 Å². The van der Waals surface area contributed by atoms with Gasteiger partial charge in [0.1, 0.15) is 17.3 Å². The molecule has 0 radical (unpaired) electrons. The second kappa shape index (κ2) is 9.56. The van der Waals surface area contributed by atoms with E-state index in [-0.39, 0.29) is 37.1 Å². The van der Waals surface area contributed by atoms with Gasteiger partial charge in [0.15, 0.2) is 0 Å². The number of methoxy groups -OCH3 is 2. The fraction of sp³-hybridized carbons (Fsp3) is 0.300. The molecule has 0 fully saturated rings. The maximum absolute atomic E-state index is 12.9. The van der Waals surface area contributed by atoms with Gasteiger partial charge in [-0.25, -0.2) is 4.39 Å². The van der Waals surface area contributed by atoms with Crippen molar-refractivity contribution in [2.75, 3.05) is 32.2 Å². The number of amides is 2. The molecule has 2 aromatic carbocycles. The average Bonchev–Trinajstić information content (AvgIpc) is 2.66. The van der Waals surface area contributed by atoms with Crippen LogP contribution < -0.4 is 19.7 Å². The summed E-state index contributed by atoms with van der Waals surface area (Å²) in [5.41, 5.74) is 1.31. The van der Waals surface area contributed by atoms with Crippen LogP contribution in [-0.2, 0) is 16.0 Å². The number of rotatable bonds is 8. The fourth-order valence-corrected chi connectivity index (χ4v) is 2.61. The van der Waals surface area contributed by atoms with Crippen molar-refractivity contribution in [2.24, 2.45) is 0 Å². The third-order valence-electron chi connectivity index (χ3n) is 3.99. The summed E-state index contributed by atoms with van der Waals surface area (Å²) >= 11 is 0. The first kappa shape index (κ1) is 20.2. The lowest BCUT2D eigenvalue weighted by atomic mass is 10.1. The monoisotopic (exact) mass is 374 g/mol. The summed E-state index contributed by atoms with van der Waals surface area (Å²) in [6.45, 7) is 2.01. The number of hydrogen-bond acceptors (Lipinski definition) is 4. The minimum absolute atomic E-state index is 0.145. The molecule has 0 bridgehead atoms. The Hall–Kier alpha value is -3.09. The fourth-order valence-electron chi connectivity index (χ4n) is 2.61. The van der Waals surface area contributed by atoms with Crippen molar-refractivity contribution in [1.82, 2.24) is 5.32 Å². The zero-order valence-electron chi connectivity index (χ0n) is 15.6. The standard InChI is InChI=1S/C20H23FN2O4/c1-14(24)23(18-9-8-17(26-2)13-19(18)27-3)11-10-22-20(25)12-15-4-6-16(21)7-5-15/h4-9,13H,10-12H2,1-3H3,(H,22,25). The Kier molecular flexibility index (Phi) is 7.16. The third-order valence-corrected chi connectivity index (χ3v) is 3.99. The first-order valence-corrected chi connectivity index (χ1v) is 8.46. The Balaban J connectivity index is 1.97. The predicted molar refractivity (Wildman–Crippen MR) is 101 cm³/mol. The van der Waals surface area contributed by atoms with Gasteiger partial charge in [0.25, 0.3) is 0 Å². The maximum atomic E-state index is 12.9. The van der Waals surface area contributed by atoms with E-state index in [1.165, 1.54) is 31.1 Å². The van der Waals surface area contributed by atoms with Crippen LogP contribution in [0.2, 0.25) is 0 Å². The van der Waals surface area contributed by atoms with E-state index in [4.69, 9.17) is 9.47 Å². The molecular weight excluding hydrogens is 351 g/mol. The van der Waals surface area contributed by atoms with Gasteiger partial charge in [0.2, 0.25) is 11.8 Å². The Bertz CT molecular complexity index is 793. The van der Waals surface area contributed by atoms with Crippen LogP contribution in [0.4, 0.5) is 10.1 Å². The number of nitrogens with zero attached hydrogens (tertiary/aromatic N) is 1. The highest BCUT2D eigenvalue weighted by molar-refractivity contribution is 5.93. The van der Waals surface area contributed by atoms with Crippen molar-refractivity contribution >= 4 is 17.5 Å². The first-order chi connectivity index (χ1) is 12.9. The summed E-state index contributed by atoms with van der Waals surface area (Å²) in [5.74, 6) is 0.400. The molecular formula is C20H23FN2O4. The molecule has 2 rings (SSSR count). The normalized spacial score (nSPS) is 10.2. The molecule has 2 amide bonds. The Morgan fingerprint density at radius 2 is 1.78 bits per heavy atom. The smallest absolute Gasteiger partial charge is 0.224 e. The van der Waals surface area contributed by atoms with Gasteiger partial charge in [-0.2, -0.15) is 0 Å². The summed E-state index contributed by atoms with van der Waals surface area (Å²) in [6.07, 6.45) is 0.145. The molecule has 0 aliphatic rings. The van der Waals surface area contributed by atoms with Crippen molar-refractivity contribution in [3.8, 4) is 11.5 Å². The zero-order valence-corrected chi connectivity index (χ0v) is 15.6. The molecule has 0 aliphatic heterocycles. The molecule has 0 saturated carbocycles. The largest absolute Gasteiger partial charge is 0.497 e. The number of benzene rings is 2. The van der Waals surface area contributed by atoms with Gasteiger partial charge >= 0.3 is 0 Å². The molecule has 0 atom stereocenters. The zero-order chi connectivity index (χ0) is 19.8. The van der Waals surface area contributed by atoms with E-state index >= 15 is 0 Å². The third kappa shape index (κ3) is 5.70. The lowest BCUT2D eigenvalue weighted by Gasteiger charge is -2.23. The summed E-state index contributed by atoms with van der Waals surface area (Å²) in [5, 5.41) is 2.77. The highest BCUT2D eigenvalue weighted by atomic mass is 19.1. The molecule has 0 aliphatic carbocycles. The Labute approximate surface area is 157 Å². The van der Waals surface area contributed by atoms with Crippen molar-refractivity contribution in [3.05, 3.63) is 53.8 Å². The van der Waals surface area contributed by atoms with Crippen molar-refractivity contribution in [1.29, 1.82) is 0 Å². The quantitative estimate of drug-likeness (QED) is 0.771. The topological polar surface area (TPSA) is 67.9 Å². The molecule has 2 aromatic rings. The van der Waals surface area contributed by atoms with E-state index in [0.29, 0.717) is 22.7 Å². The molecule has 7 heteroatoms. The molecule has 0 spiro atoms. The molecule has 6 nitrogen and oxygen atoms in total. The van der Waals surface area contributed by atoms with Crippen LogP contribution in [0, 0.1) is 5.82 Å². The highest BCUT2D eigenvalue weighted by Crippen LogP contribution is 2.32. The van der Waals surface area contributed by atoms with Gasteiger partial charge in [-0.05, 0) is 29.8 Å². The number of carbonyl (C=O) groups is 2.